The van der Waals surface area contributed by atoms with Crippen LogP contribution in [0.25, 0.3) is 10.9 Å². The summed E-state index contributed by atoms with van der Waals surface area (Å²) in [5, 5.41) is 3.95. The van der Waals surface area contributed by atoms with Gasteiger partial charge in [-0.15, -0.1) is 0 Å². The van der Waals surface area contributed by atoms with Crippen molar-refractivity contribution in [2.45, 2.75) is 26.1 Å². The first kappa shape index (κ1) is 16.2. The second kappa shape index (κ2) is 6.07. The van der Waals surface area contributed by atoms with E-state index in [1.165, 1.54) is 6.07 Å². The first-order valence-electron chi connectivity index (χ1n) is 7.36. The van der Waals surface area contributed by atoms with Crippen LogP contribution in [-0.4, -0.2) is 15.0 Å². The summed E-state index contributed by atoms with van der Waals surface area (Å²) in [6.07, 6.45) is -1.11. The number of fused-ring (bicyclic) bond motifs is 1. The molecule has 0 spiro atoms. The van der Waals surface area contributed by atoms with Crippen molar-refractivity contribution in [2.24, 2.45) is 0 Å². The molecule has 0 fully saturated rings. The number of benzene rings is 1. The fourth-order valence-electron chi connectivity index (χ4n) is 2.48. The number of nitrogens with one attached hydrogen (secondary N) is 1. The SMILES string of the molecule is Cc1nc(N[C@H](C)c2cccc(C(F)(F)F)c2)c2ccncc2n1. The Labute approximate surface area is 136 Å². The number of pyridine rings is 1. The van der Waals surface area contributed by atoms with E-state index in [0.29, 0.717) is 22.7 Å². The minimum atomic E-state index is -4.36. The summed E-state index contributed by atoms with van der Waals surface area (Å²) in [5.41, 5.74) is 0.550. The van der Waals surface area contributed by atoms with Gasteiger partial charge in [-0.1, -0.05) is 12.1 Å². The minimum absolute atomic E-state index is 0.349. The minimum Gasteiger partial charge on any atom is -0.363 e. The van der Waals surface area contributed by atoms with Crippen molar-refractivity contribution in [2.75, 3.05) is 5.32 Å². The molecule has 0 aliphatic heterocycles. The normalized spacial score (nSPS) is 13.0. The van der Waals surface area contributed by atoms with Crippen LogP contribution < -0.4 is 5.32 Å². The zero-order valence-electron chi connectivity index (χ0n) is 13.1. The summed E-state index contributed by atoms with van der Waals surface area (Å²) in [4.78, 5) is 12.7. The Balaban J connectivity index is 1.95. The van der Waals surface area contributed by atoms with Crippen LogP contribution in [-0.2, 0) is 6.18 Å². The van der Waals surface area contributed by atoms with Gasteiger partial charge in [0.2, 0.25) is 0 Å². The molecule has 3 rings (SSSR count). The van der Waals surface area contributed by atoms with Crippen molar-refractivity contribution in [1.82, 2.24) is 15.0 Å². The van der Waals surface area contributed by atoms with Gasteiger partial charge in [0.25, 0.3) is 0 Å². The van der Waals surface area contributed by atoms with E-state index in [9.17, 15) is 13.2 Å². The largest absolute Gasteiger partial charge is 0.416 e. The average Bonchev–Trinajstić information content (AvgIpc) is 2.54. The molecule has 0 saturated carbocycles. The van der Waals surface area contributed by atoms with Gasteiger partial charge in [0, 0.05) is 17.6 Å². The van der Waals surface area contributed by atoms with Gasteiger partial charge < -0.3 is 5.32 Å². The quantitative estimate of drug-likeness (QED) is 0.766. The van der Waals surface area contributed by atoms with E-state index in [4.69, 9.17) is 0 Å². The molecule has 4 nitrogen and oxygen atoms in total. The molecule has 1 aromatic carbocycles. The third-order valence-corrected chi connectivity index (χ3v) is 3.68. The maximum atomic E-state index is 12.9. The third-order valence-electron chi connectivity index (χ3n) is 3.68. The maximum Gasteiger partial charge on any atom is 0.416 e. The molecular weight excluding hydrogens is 317 g/mol. The second-order valence-electron chi connectivity index (χ2n) is 5.50. The summed E-state index contributed by atoms with van der Waals surface area (Å²) in [7, 11) is 0. The Morgan fingerprint density at radius 3 is 2.67 bits per heavy atom. The van der Waals surface area contributed by atoms with Crippen molar-refractivity contribution in [1.29, 1.82) is 0 Å². The molecule has 0 amide bonds. The standard InChI is InChI=1S/C17H15F3N4/c1-10(12-4-3-5-13(8-12)17(18,19)20)22-16-14-6-7-21-9-15(14)23-11(2)24-16/h3-10H,1-2H3,(H,22,23,24)/t10-/m1/s1. The Hall–Kier alpha value is -2.70. The van der Waals surface area contributed by atoms with Gasteiger partial charge in [0.1, 0.15) is 11.6 Å². The molecular formula is C17H15F3N4. The Morgan fingerprint density at radius 2 is 1.92 bits per heavy atom. The van der Waals surface area contributed by atoms with Crippen LogP contribution in [0.2, 0.25) is 0 Å². The van der Waals surface area contributed by atoms with E-state index in [1.54, 1.807) is 38.4 Å². The monoisotopic (exact) mass is 332 g/mol. The van der Waals surface area contributed by atoms with Gasteiger partial charge in [-0.05, 0) is 37.6 Å². The number of halogens is 3. The van der Waals surface area contributed by atoms with E-state index in [0.717, 1.165) is 17.5 Å². The molecule has 0 aliphatic carbocycles. The second-order valence-corrected chi connectivity index (χ2v) is 5.50. The number of aromatic nitrogens is 3. The topological polar surface area (TPSA) is 50.7 Å². The third kappa shape index (κ3) is 3.29. The van der Waals surface area contributed by atoms with Gasteiger partial charge >= 0.3 is 6.18 Å². The molecule has 0 unspecified atom stereocenters. The fourth-order valence-corrected chi connectivity index (χ4v) is 2.48. The summed E-state index contributed by atoms with van der Waals surface area (Å²) in [6, 6.07) is 6.70. The predicted molar refractivity (Wildman–Crippen MR) is 85.6 cm³/mol. The van der Waals surface area contributed by atoms with Crippen molar-refractivity contribution in [3.63, 3.8) is 0 Å². The van der Waals surface area contributed by atoms with Crippen molar-refractivity contribution >= 4 is 16.7 Å². The lowest BCUT2D eigenvalue weighted by Gasteiger charge is -2.18. The number of nitrogens with zero attached hydrogens (tertiary/aromatic N) is 3. The number of rotatable bonds is 3. The maximum absolute atomic E-state index is 12.9. The fraction of sp³-hybridized carbons (Fsp3) is 0.235. The molecule has 0 bridgehead atoms. The van der Waals surface area contributed by atoms with Gasteiger partial charge in [-0.25, -0.2) is 9.97 Å². The van der Waals surface area contributed by atoms with E-state index >= 15 is 0 Å². The molecule has 1 N–H and O–H groups in total. The van der Waals surface area contributed by atoms with E-state index in [2.05, 4.69) is 20.3 Å². The first-order chi connectivity index (χ1) is 11.3. The molecule has 1 atom stereocenters. The number of aryl methyl sites for hydroxylation is 1. The Bertz CT molecular complexity index is 877. The van der Waals surface area contributed by atoms with E-state index in [-0.39, 0.29) is 6.04 Å². The van der Waals surface area contributed by atoms with Crippen LogP contribution >= 0.6 is 0 Å². The summed E-state index contributed by atoms with van der Waals surface area (Å²) in [5.74, 6) is 1.14. The van der Waals surface area contributed by atoms with Gasteiger partial charge in [0.15, 0.2) is 0 Å². The van der Waals surface area contributed by atoms with Crippen LogP contribution in [0.15, 0.2) is 42.7 Å². The highest BCUT2D eigenvalue weighted by Gasteiger charge is 2.30. The molecule has 124 valence electrons. The predicted octanol–water partition coefficient (Wildman–Crippen LogP) is 4.53. The van der Waals surface area contributed by atoms with Crippen LogP contribution in [0, 0.1) is 6.92 Å². The Kier molecular flexibility index (Phi) is 4.09. The zero-order valence-corrected chi connectivity index (χ0v) is 13.1. The highest BCUT2D eigenvalue weighted by atomic mass is 19.4. The van der Waals surface area contributed by atoms with Crippen LogP contribution in [0.4, 0.5) is 19.0 Å². The lowest BCUT2D eigenvalue weighted by Crippen LogP contribution is -2.11. The molecule has 0 aliphatic rings. The number of anilines is 1. The molecule has 7 heteroatoms. The average molecular weight is 332 g/mol. The zero-order chi connectivity index (χ0) is 17.3. The van der Waals surface area contributed by atoms with E-state index < -0.39 is 11.7 Å². The number of hydrogen-bond acceptors (Lipinski definition) is 4. The lowest BCUT2D eigenvalue weighted by atomic mass is 10.0. The molecule has 3 aromatic rings. The highest BCUT2D eigenvalue weighted by molar-refractivity contribution is 5.88. The molecule has 0 radical (unpaired) electrons. The number of hydrogen-bond donors (Lipinski definition) is 1. The Morgan fingerprint density at radius 1 is 1.12 bits per heavy atom. The number of alkyl halides is 3. The summed E-state index contributed by atoms with van der Waals surface area (Å²) < 4.78 is 38.6. The first-order valence-corrected chi connectivity index (χ1v) is 7.36. The van der Waals surface area contributed by atoms with Gasteiger partial charge in [-0.3, -0.25) is 4.98 Å². The smallest absolute Gasteiger partial charge is 0.363 e. The van der Waals surface area contributed by atoms with E-state index in [1.807, 2.05) is 0 Å². The molecule has 2 aromatic heterocycles. The van der Waals surface area contributed by atoms with Gasteiger partial charge in [-0.2, -0.15) is 13.2 Å². The molecule has 24 heavy (non-hydrogen) atoms. The van der Waals surface area contributed by atoms with Crippen molar-refractivity contribution < 1.29 is 13.2 Å². The van der Waals surface area contributed by atoms with Crippen LogP contribution in [0.1, 0.15) is 29.9 Å². The highest BCUT2D eigenvalue weighted by Crippen LogP contribution is 2.31. The van der Waals surface area contributed by atoms with Crippen LogP contribution in [0.5, 0.6) is 0 Å². The summed E-state index contributed by atoms with van der Waals surface area (Å²) >= 11 is 0. The van der Waals surface area contributed by atoms with Crippen molar-refractivity contribution in [3.8, 4) is 0 Å². The van der Waals surface area contributed by atoms with Crippen LogP contribution in [0.3, 0.4) is 0 Å². The lowest BCUT2D eigenvalue weighted by molar-refractivity contribution is -0.137. The van der Waals surface area contributed by atoms with Crippen molar-refractivity contribution in [3.05, 3.63) is 59.7 Å². The summed E-state index contributed by atoms with van der Waals surface area (Å²) in [6.45, 7) is 3.55. The molecule has 2 heterocycles. The molecule has 0 saturated heterocycles. The van der Waals surface area contributed by atoms with Gasteiger partial charge in [0.05, 0.1) is 17.3 Å².